The number of nitrogens with one attached hydrogen (secondary N) is 1. The average molecular weight is 271 g/mol. The van der Waals surface area contributed by atoms with Gasteiger partial charge in [-0.25, -0.2) is 10.2 Å². The van der Waals surface area contributed by atoms with E-state index in [1.807, 2.05) is 5.43 Å². The van der Waals surface area contributed by atoms with Crippen molar-refractivity contribution in [3.05, 3.63) is 41.5 Å². The highest BCUT2D eigenvalue weighted by Crippen LogP contribution is 2.34. The average Bonchev–Trinajstić information content (AvgIpc) is 2.42. The highest BCUT2D eigenvalue weighted by atomic mass is 16.3. The first-order chi connectivity index (χ1) is 9.50. The summed E-state index contributed by atoms with van der Waals surface area (Å²) in [5.41, 5.74) is 7.36. The molecular formula is C13H9N3O4. The fraction of sp³-hybridized carbons (Fsp3) is 0. The van der Waals surface area contributed by atoms with Gasteiger partial charge in [0.15, 0.2) is 0 Å². The molecule has 1 aliphatic rings. The van der Waals surface area contributed by atoms with Gasteiger partial charge in [0.2, 0.25) is 0 Å². The van der Waals surface area contributed by atoms with E-state index >= 15 is 0 Å². The Balaban J connectivity index is 2.31. The molecule has 1 heterocycles. The van der Waals surface area contributed by atoms with Gasteiger partial charge in [-0.05, 0) is 18.2 Å². The summed E-state index contributed by atoms with van der Waals surface area (Å²) in [5, 5.41) is 11.1. The Morgan fingerprint density at radius 2 is 1.75 bits per heavy atom. The zero-order valence-corrected chi connectivity index (χ0v) is 10.1. The molecule has 4 N–H and O–H groups in total. The zero-order chi connectivity index (χ0) is 14.4. The summed E-state index contributed by atoms with van der Waals surface area (Å²) in [6, 6.07) is 6.44. The van der Waals surface area contributed by atoms with Crippen LogP contribution in [0.4, 0.5) is 4.79 Å². The van der Waals surface area contributed by atoms with Crippen LogP contribution in [0.15, 0.2) is 30.3 Å². The summed E-state index contributed by atoms with van der Waals surface area (Å²) in [6.07, 6.45) is 0. The first-order valence-electron chi connectivity index (χ1n) is 5.70. The van der Waals surface area contributed by atoms with E-state index in [4.69, 9.17) is 5.73 Å². The number of urea groups is 1. The highest BCUT2D eigenvalue weighted by Gasteiger charge is 2.34. The van der Waals surface area contributed by atoms with E-state index in [9.17, 15) is 19.5 Å². The summed E-state index contributed by atoms with van der Waals surface area (Å²) >= 11 is 0. The third kappa shape index (κ3) is 1.50. The van der Waals surface area contributed by atoms with Crippen molar-refractivity contribution >= 4 is 28.6 Å². The predicted octanol–water partition coefficient (Wildman–Crippen LogP) is 0.725. The van der Waals surface area contributed by atoms with Crippen LogP contribution in [0.2, 0.25) is 0 Å². The number of hydrazine groups is 1. The van der Waals surface area contributed by atoms with Gasteiger partial charge in [-0.15, -0.1) is 0 Å². The molecule has 0 aliphatic carbocycles. The van der Waals surface area contributed by atoms with E-state index in [1.165, 1.54) is 18.2 Å². The molecule has 7 nitrogen and oxygen atoms in total. The minimum Gasteiger partial charge on any atom is -0.507 e. The quantitative estimate of drug-likeness (QED) is 0.663. The molecule has 0 saturated heterocycles. The number of nitrogens with two attached hydrogens (primary N) is 1. The van der Waals surface area contributed by atoms with Crippen molar-refractivity contribution in [3.8, 4) is 5.75 Å². The monoisotopic (exact) mass is 271 g/mol. The maximum absolute atomic E-state index is 12.2. The van der Waals surface area contributed by atoms with Crippen molar-refractivity contribution < 1.29 is 19.5 Å². The minimum absolute atomic E-state index is 0.0255. The Kier molecular flexibility index (Phi) is 2.37. The lowest BCUT2D eigenvalue weighted by Gasteiger charge is -2.26. The molecule has 2 aromatic carbocycles. The van der Waals surface area contributed by atoms with Gasteiger partial charge in [-0.2, -0.15) is 5.01 Å². The molecule has 0 fully saturated rings. The van der Waals surface area contributed by atoms with Gasteiger partial charge < -0.3 is 10.8 Å². The number of hydrogen-bond donors (Lipinski definition) is 3. The van der Waals surface area contributed by atoms with Gasteiger partial charge in [0, 0.05) is 10.8 Å². The second-order valence-electron chi connectivity index (χ2n) is 4.28. The van der Waals surface area contributed by atoms with Crippen molar-refractivity contribution in [2.24, 2.45) is 5.73 Å². The first kappa shape index (κ1) is 12.0. The summed E-state index contributed by atoms with van der Waals surface area (Å²) in [7, 11) is 0. The van der Waals surface area contributed by atoms with Crippen LogP contribution in [-0.2, 0) is 0 Å². The number of nitrogens with zero attached hydrogens (tertiary/aromatic N) is 1. The van der Waals surface area contributed by atoms with Gasteiger partial charge >= 0.3 is 6.03 Å². The Labute approximate surface area is 112 Å². The van der Waals surface area contributed by atoms with Crippen LogP contribution in [-0.4, -0.2) is 28.0 Å². The predicted molar refractivity (Wildman–Crippen MR) is 68.8 cm³/mol. The fourth-order valence-corrected chi connectivity index (χ4v) is 2.29. The summed E-state index contributed by atoms with van der Waals surface area (Å²) in [6.45, 7) is 0. The van der Waals surface area contributed by atoms with Crippen molar-refractivity contribution in [3.63, 3.8) is 0 Å². The second kappa shape index (κ2) is 3.95. The summed E-state index contributed by atoms with van der Waals surface area (Å²) in [4.78, 5) is 35.3. The van der Waals surface area contributed by atoms with E-state index in [0.29, 0.717) is 15.8 Å². The number of imide groups is 1. The summed E-state index contributed by atoms with van der Waals surface area (Å²) < 4.78 is 0. The van der Waals surface area contributed by atoms with Crippen molar-refractivity contribution in [2.75, 3.05) is 0 Å². The zero-order valence-electron chi connectivity index (χ0n) is 10.1. The number of amides is 4. The molecule has 2 aromatic rings. The lowest BCUT2D eigenvalue weighted by Crippen LogP contribution is -2.53. The smallest absolute Gasteiger partial charge is 0.331 e. The van der Waals surface area contributed by atoms with Crippen molar-refractivity contribution in [1.29, 1.82) is 0 Å². The number of phenols is 1. The van der Waals surface area contributed by atoms with E-state index in [2.05, 4.69) is 0 Å². The molecule has 0 radical (unpaired) electrons. The molecule has 4 amide bonds. The van der Waals surface area contributed by atoms with E-state index in [0.717, 1.165) is 0 Å². The van der Waals surface area contributed by atoms with Crippen molar-refractivity contribution in [1.82, 2.24) is 10.4 Å². The lowest BCUT2D eigenvalue weighted by molar-refractivity contribution is 0.0545. The molecule has 7 heteroatoms. The number of aromatic hydroxyl groups is 1. The molecule has 0 saturated carbocycles. The number of hydrogen-bond acceptors (Lipinski definition) is 4. The molecule has 0 unspecified atom stereocenters. The van der Waals surface area contributed by atoms with Crippen LogP contribution in [0.3, 0.4) is 0 Å². The van der Waals surface area contributed by atoms with Gasteiger partial charge in [-0.1, -0.05) is 12.1 Å². The number of carbonyl (C=O) groups excluding carboxylic acids is 3. The first-order valence-corrected chi connectivity index (χ1v) is 5.70. The van der Waals surface area contributed by atoms with Gasteiger partial charge in [0.1, 0.15) is 5.75 Å². The molecule has 1 aliphatic heterocycles. The number of phenolic OH excluding ortho intramolecular Hbond substituents is 1. The minimum atomic E-state index is -1.01. The Hall–Kier alpha value is -3.09. The number of primary amides is 1. The van der Waals surface area contributed by atoms with Crippen LogP contribution in [0.25, 0.3) is 10.8 Å². The Morgan fingerprint density at radius 3 is 2.40 bits per heavy atom. The van der Waals surface area contributed by atoms with Gasteiger partial charge in [-0.3, -0.25) is 9.59 Å². The van der Waals surface area contributed by atoms with Crippen LogP contribution >= 0.6 is 0 Å². The molecule has 20 heavy (non-hydrogen) atoms. The SMILES string of the molecule is NC(=O)NN1C(=O)c2cccc3c(O)ccc(c23)C1=O. The maximum atomic E-state index is 12.2. The summed E-state index contributed by atoms with van der Waals surface area (Å²) in [5.74, 6) is -1.42. The Bertz CT molecular complexity index is 762. The largest absolute Gasteiger partial charge is 0.507 e. The maximum Gasteiger partial charge on any atom is 0.331 e. The van der Waals surface area contributed by atoms with Gasteiger partial charge in [0.25, 0.3) is 11.8 Å². The third-order valence-electron chi connectivity index (χ3n) is 3.11. The molecule has 0 spiro atoms. The molecule has 0 bridgehead atoms. The van der Waals surface area contributed by atoms with Crippen molar-refractivity contribution in [2.45, 2.75) is 0 Å². The molecule has 3 rings (SSSR count). The normalized spacial score (nSPS) is 13.7. The standard InChI is InChI=1S/C13H9N3O4/c14-13(20)15-16-11(18)7-3-1-2-6-9(17)5-4-8(10(6)7)12(16)19/h1-5,17H,(H3,14,15,20). The van der Waals surface area contributed by atoms with Crippen LogP contribution in [0, 0.1) is 0 Å². The topological polar surface area (TPSA) is 113 Å². The van der Waals surface area contributed by atoms with Crippen LogP contribution < -0.4 is 11.2 Å². The van der Waals surface area contributed by atoms with Crippen LogP contribution in [0.5, 0.6) is 5.75 Å². The second-order valence-corrected chi connectivity index (χ2v) is 4.28. The van der Waals surface area contributed by atoms with Crippen LogP contribution in [0.1, 0.15) is 20.7 Å². The molecular weight excluding hydrogens is 262 g/mol. The molecule has 100 valence electrons. The lowest BCUT2D eigenvalue weighted by atomic mass is 9.94. The van der Waals surface area contributed by atoms with E-state index in [-0.39, 0.29) is 16.9 Å². The number of rotatable bonds is 1. The Morgan fingerprint density at radius 1 is 1.10 bits per heavy atom. The molecule has 0 atom stereocenters. The van der Waals surface area contributed by atoms with Gasteiger partial charge in [0.05, 0.1) is 11.1 Å². The third-order valence-corrected chi connectivity index (χ3v) is 3.11. The highest BCUT2D eigenvalue weighted by molar-refractivity contribution is 6.26. The number of carbonyl (C=O) groups is 3. The van der Waals surface area contributed by atoms with E-state index < -0.39 is 17.8 Å². The van der Waals surface area contributed by atoms with E-state index in [1.54, 1.807) is 12.1 Å². The molecule has 0 aromatic heterocycles. The fourth-order valence-electron chi connectivity index (χ4n) is 2.29. The number of benzene rings is 2.